The minimum Gasteiger partial charge on any atom is -0.705 e. The molecule has 5 aromatic heterocycles. The minimum atomic E-state index is 0. The van der Waals surface area contributed by atoms with E-state index in [0.717, 1.165) is 56.9 Å². The van der Waals surface area contributed by atoms with Crippen LogP contribution < -0.4 is 0 Å². The summed E-state index contributed by atoms with van der Waals surface area (Å²) in [7, 11) is 0. The van der Waals surface area contributed by atoms with Gasteiger partial charge < -0.3 is 15.7 Å². The molecule has 3 aromatic carbocycles. The maximum atomic E-state index is 7.03. The summed E-state index contributed by atoms with van der Waals surface area (Å²) < 4.78 is 0. The SMILES string of the molecule is CC1=C(C)c2cccnc2C/C1=C\C=C/[NH-].Cc1c(C)c2cccnc2c2ncccc12.[Ru+].c1ccc2[nH]c(-c3nc4ccccc4[nH]3)nc2c1. The predicted molar refractivity (Wildman–Crippen MR) is 205 cm³/mol. The third-order valence-corrected chi connectivity index (χ3v) is 9.30. The van der Waals surface area contributed by atoms with Gasteiger partial charge in [0.05, 0.1) is 38.8 Å². The molecule has 9 rings (SSSR count). The standard InChI is InChI=1S/C14H10N4.C14H12N2.C14H15N2.Ru/c1-2-6-10-9(5-1)15-13(16-10)14-17-11-7-3-4-8-12(11)18-14;1-9-10(2)12-6-4-8-16-14(12)13-11(9)5-3-7-15-13;1-10-11(2)13-6-4-8-16-14(13)9-12(10)5-3-7-15;/h1-8H,(H,15,16)(H,17,18);3-8H,1-2H3;3-8,15H,9H2,1-2H3;/q;;-1;+1/b;;7-3-,12-5+;. The number of imidazole rings is 2. The molecule has 0 spiro atoms. The molecule has 8 aromatic rings. The summed E-state index contributed by atoms with van der Waals surface area (Å²) in [5.74, 6) is 1.54. The number of para-hydroxylation sites is 4. The van der Waals surface area contributed by atoms with Crippen LogP contribution in [0.2, 0.25) is 0 Å². The van der Waals surface area contributed by atoms with Gasteiger partial charge in [0.25, 0.3) is 0 Å². The smallest absolute Gasteiger partial charge is 0.705 e. The van der Waals surface area contributed by atoms with E-state index in [9.17, 15) is 0 Å². The molecule has 5 heterocycles. The van der Waals surface area contributed by atoms with Crippen LogP contribution in [0.5, 0.6) is 0 Å². The molecule has 9 heteroatoms. The van der Waals surface area contributed by atoms with Crippen molar-refractivity contribution in [2.45, 2.75) is 34.1 Å². The molecular weight excluding hydrogens is 718 g/mol. The second kappa shape index (κ2) is 15.4. The number of pyridine rings is 3. The first-order valence-electron chi connectivity index (χ1n) is 16.6. The fraction of sp³-hybridized carbons (Fsp3) is 0.119. The maximum Gasteiger partial charge on any atom is 1.00 e. The fourth-order valence-electron chi connectivity index (χ4n) is 6.35. The van der Waals surface area contributed by atoms with E-state index >= 15 is 0 Å². The number of H-pyrrole nitrogens is 2. The van der Waals surface area contributed by atoms with Gasteiger partial charge in [-0.3, -0.25) is 15.0 Å². The largest absolute Gasteiger partial charge is 1.00 e. The average molecular weight is 755 g/mol. The normalized spacial score (nSPS) is 13.2. The molecule has 8 nitrogen and oxygen atoms in total. The van der Waals surface area contributed by atoms with Gasteiger partial charge in [-0.15, -0.1) is 0 Å². The van der Waals surface area contributed by atoms with Crippen LogP contribution in [-0.4, -0.2) is 34.9 Å². The van der Waals surface area contributed by atoms with Crippen LogP contribution >= 0.6 is 0 Å². The zero-order valence-corrected chi connectivity index (χ0v) is 30.6. The van der Waals surface area contributed by atoms with E-state index < -0.39 is 0 Å². The van der Waals surface area contributed by atoms with Crippen LogP contribution in [0.3, 0.4) is 0 Å². The third-order valence-electron chi connectivity index (χ3n) is 9.30. The molecule has 0 saturated heterocycles. The Bertz CT molecular complexity index is 2390. The van der Waals surface area contributed by atoms with Crippen molar-refractivity contribution in [2.75, 3.05) is 0 Å². The molecule has 1 aliphatic rings. The Morgan fingerprint density at radius 3 is 1.65 bits per heavy atom. The van der Waals surface area contributed by atoms with E-state index in [0.29, 0.717) is 0 Å². The Hall–Kier alpha value is -5.79. The van der Waals surface area contributed by atoms with Gasteiger partial charge in [-0.05, 0) is 104 Å². The summed E-state index contributed by atoms with van der Waals surface area (Å²) in [5, 5.41) is 2.40. The zero-order chi connectivity index (χ0) is 34.6. The Morgan fingerprint density at radius 1 is 0.608 bits per heavy atom. The van der Waals surface area contributed by atoms with E-state index in [-0.39, 0.29) is 19.5 Å². The number of aromatic amines is 2. The topological polar surface area (TPSA) is 120 Å². The molecule has 0 bridgehead atoms. The van der Waals surface area contributed by atoms with Crippen molar-refractivity contribution in [1.29, 1.82) is 0 Å². The molecule has 0 unspecified atom stereocenters. The number of benzene rings is 3. The molecule has 0 saturated carbocycles. The Labute approximate surface area is 309 Å². The van der Waals surface area contributed by atoms with Crippen molar-refractivity contribution in [2.24, 2.45) is 0 Å². The van der Waals surface area contributed by atoms with Crippen molar-refractivity contribution in [3.8, 4) is 11.6 Å². The minimum absolute atomic E-state index is 0. The molecule has 0 atom stereocenters. The third kappa shape index (κ3) is 7.12. The quantitative estimate of drug-likeness (QED) is 0.134. The van der Waals surface area contributed by atoms with Crippen molar-refractivity contribution < 1.29 is 19.5 Å². The molecule has 0 aliphatic heterocycles. The molecule has 51 heavy (non-hydrogen) atoms. The van der Waals surface area contributed by atoms with Gasteiger partial charge in [0.1, 0.15) is 0 Å². The summed E-state index contributed by atoms with van der Waals surface area (Å²) in [6.45, 7) is 8.56. The van der Waals surface area contributed by atoms with E-state index in [1.165, 1.54) is 50.4 Å². The first kappa shape index (κ1) is 35.1. The second-order valence-electron chi connectivity index (χ2n) is 12.2. The first-order chi connectivity index (χ1) is 24.4. The first-order valence-corrected chi connectivity index (χ1v) is 16.6. The van der Waals surface area contributed by atoms with Crippen LogP contribution in [0.15, 0.2) is 133 Å². The number of nitrogens with zero attached hydrogens (tertiary/aromatic N) is 5. The number of aromatic nitrogens is 7. The molecule has 253 valence electrons. The predicted octanol–water partition coefficient (Wildman–Crippen LogP) is 10.4. The zero-order valence-electron chi connectivity index (χ0n) is 28.8. The maximum absolute atomic E-state index is 7.03. The van der Waals surface area contributed by atoms with Crippen molar-refractivity contribution in [3.05, 3.63) is 161 Å². The van der Waals surface area contributed by atoms with E-state index in [4.69, 9.17) is 5.73 Å². The summed E-state index contributed by atoms with van der Waals surface area (Å²) in [6.07, 6.45) is 11.4. The summed E-state index contributed by atoms with van der Waals surface area (Å²) in [6, 6.07) is 28.2. The van der Waals surface area contributed by atoms with Gasteiger partial charge in [0.2, 0.25) is 0 Å². The number of nitrogens with one attached hydrogen (secondary N) is 3. The number of fused-ring (bicyclic) bond motifs is 6. The van der Waals surface area contributed by atoms with Crippen molar-refractivity contribution >= 4 is 49.4 Å². The summed E-state index contributed by atoms with van der Waals surface area (Å²) in [4.78, 5) is 28.9. The Kier molecular flexibility index (Phi) is 10.6. The van der Waals surface area contributed by atoms with Gasteiger partial charge in [-0.2, -0.15) is 6.20 Å². The van der Waals surface area contributed by atoms with Crippen LogP contribution in [0.1, 0.15) is 36.2 Å². The second-order valence-corrected chi connectivity index (χ2v) is 12.2. The number of aryl methyl sites for hydroxylation is 2. The summed E-state index contributed by atoms with van der Waals surface area (Å²) in [5.41, 5.74) is 21.8. The molecule has 0 fully saturated rings. The van der Waals surface area contributed by atoms with Gasteiger partial charge in [0, 0.05) is 35.8 Å². The van der Waals surface area contributed by atoms with Gasteiger partial charge in [0.15, 0.2) is 11.6 Å². The van der Waals surface area contributed by atoms with Gasteiger partial charge in [-0.1, -0.05) is 54.6 Å². The number of rotatable bonds is 2. The Morgan fingerprint density at radius 2 is 1.12 bits per heavy atom. The van der Waals surface area contributed by atoms with E-state index in [1.807, 2.05) is 91.4 Å². The van der Waals surface area contributed by atoms with Crippen molar-refractivity contribution in [1.82, 2.24) is 34.9 Å². The molecule has 1 radical (unpaired) electrons. The van der Waals surface area contributed by atoms with E-state index in [1.54, 1.807) is 6.08 Å². The fourth-order valence-corrected chi connectivity index (χ4v) is 6.35. The molecule has 0 amide bonds. The van der Waals surface area contributed by atoms with Gasteiger partial charge >= 0.3 is 19.5 Å². The van der Waals surface area contributed by atoms with Crippen LogP contribution in [0, 0.1) is 13.8 Å². The van der Waals surface area contributed by atoms with Crippen LogP contribution in [0.25, 0.3) is 66.8 Å². The van der Waals surface area contributed by atoms with E-state index in [2.05, 4.69) is 80.8 Å². The van der Waals surface area contributed by atoms with Gasteiger partial charge in [-0.25, -0.2) is 9.97 Å². The monoisotopic (exact) mass is 755 g/mol. The molecular formula is C42H37N8Ru. The molecule has 1 aliphatic carbocycles. The number of hydrogen-bond donors (Lipinski definition) is 2. The van der Waals surface area contributed by atoms with Crippen LogP contribution in [0.4, 0.5) is 0 Å². The average Bonchev–Trinajstić information content (AvgIpc) is 3.80. The summed E-state index contributed by atoms with van der Waals surface area (Å²) >= 11 is 0. The molecule has 3 N–H and O–H groups in total. The number of hydrogen-bond acceptors (Lipinski definition) is 5. The Balaban J connectivity index is 0.000000131. The van der Waals surface area contributed by atoms with Crippen molar-refractivity contribution in [3.63, 3.8) is 0 Å². The number of allylic oxidation sites excluding steroid dienone is 5. The van der Waals surface area contributed by atoms with Crippen LogP contribution in [-0.2, 0) is 25.9 Å².